The maximum Gasteiger partial charge on any atom is 0.164 e. The van der Waals surface area contributed by atoms with Crippen LogP contribution in [0, 0.1) is 11.6 Å². The summed E-state index contributed by atoms with van der Waals surface area (Å²) in [5.41, 5.74) is 0.304. The topological polar surface area (TPSA) is 21.3 Å². The first-order valence-corrected chi connectivity index (χ1v) is 6.02. The van der Waals surface area contributed by atoms with E-state index in [9.17, 15) is 8.78 Å². The number of rotatable bonds is 3. The smallest absolute Gasteiger partial charge is 0.164 e. The third kappa shape index (κ3) is 2.82. The molecule has 0 amide bonds. The first-order chi connectivity index (χ1) is 8.22. The maximum atomic E-state index is 13.6. The molecule has 2 nitrogen and oxygen atoms in total. The van der Waals surface area contributed by atoms with Gasteiger partial charge in [-0.05, 0) is 12.5 Å². The average Bonchev–Trinajstić information content (AvgIpc) is 2.33. The number of ether oxygens (including phenoxy) is 1. The molecule has 2 rings (SSSR count). The van der Waals surface area contributed by atoms with Gasteiger partial charge in [0, 0.05) is 18.7 Å². The predicted octanol–water partition coefficient (Wildman–Crippen LogP) is 2.79. The first-order valence-electron chi connectivity index (χ1n) is 6.02. The van der Waals surface area contributed by atoms with Crippen molar-refractivity contribution in [2.24, 2.45) is 0 Å². The molecule has 0 spiro atoms. The molecule has 0 aliphatic carbocycles. The lowest BCUT2D eigenvalue weighted by molar-refractivity contribution is -0.0442. The molecule has 0 aromatic heterocycles. The zero-order chi connectivity index (χ0) is 12.3. The highest BCUT2D eigenvalue weighted by atomic mass is 19.2. The minimum Gasteiger partial charge on any atom is -0.368 e. The van der Waals surface area contributed by atoms with Crippen LogP contribution in [0.4, 0.5) is 8.78 Å². The molecule has 1 aromatic carbocycles. The van der Waals surface area contributed by atoms with E-state index < -0.39 is 17.7 Å². The Hall–Kier alpha value is -1.00. The molecule has 17 heavy (non-hydrogen) atoms. The zero-order valence-corrected chi connectivity index (χ0v) is 9.88. The van der Waals surface area contributed by atoms with E-state index in [4.69, 9.17) is 4.74 Å². The van der Waals surface area contributed by atoms with Crippen LogP contribution >= 0.6 is 0 Å². The fourth-order valence-corrected chi connectivity index (χ4v) is 2.15. The highest BCUT2D eigenvalue weighted by Crippen LogP contribution is 2.26. The average molecular weight is 241 g/mol. The summed E-state index contributed by atoms with van der Waals surface area (Å²) in [6.07, 6.45) is 1.64. The van der Waals surface area contributed by atoms with Crippen LogP contribution in [-0.2, 0) is 4.74 Å². The lowest BCUT2D eigenvalue weighted by atomic mass is 10.1. The molecule has 0 radical (unpaired) electrons. The first kappa shape index (κ1) is 12.5. The monoisotopic (exact) mass is 241 g/mol. The third-order valence-electron chi connectivity index (χ3n) is 3.00. The van der Waals surface area contributed by atoms with Crippen LogP contribution in [0.1, 0.15) is 31.4 Å². The Morgan fingerprint density at radius 2 is 2.18 bits per heavy atom. The standard InChI is InChI=1S/C13H17F2NO/c1-2-4-9-7-16-8-12(17-9)10-5-3-6-11(14)13(10)15/h3,5-6,9,12,16H,2,4,7-8H2,1H3. The van der Waals surface area contributed by atoms with Crippen molar-refractivity contribution in [1.82, 2.24) is 5.32 Å². The normalized spacial score (nSPS) is 24.9. The van der Waals surface area contributed by atoms with Gasteiger partial charge in [0.1, 0.15) is 0 Å². The van der Waals surface area contributed by atoms with Crippen LogP contribution in [0.2, 0.25) is 0 Å². The Bertz CT molecular complexity index is 382. The van der Waals surface area contributed by atoms with Crippen molar-refractivity contribution < 1.29 is 13.5 Å². The number of hydrogen-bond acceptors (Lipinski definition) is 2. The minimum absolute atomic E-state index is 0.0846. The van der Waals surface area contributed by atoms with Crippen molar-refractivity contribution in [3.63, 3.8) is 0 Å². The molecular formula is C13H17F2NO. The minimum atomic E-state index is -0.816. The summed E-state index contributed by atoms with van der Waals surface area (Å²) < 4.78 is 32.5. The fraction of sp³-hybridized carbons (Fsp3) is 0.538. The second kappa shape index (κ2) is 5.56. The summed E-state index contributed by atoms with van der Waals surface area (Å²) in [5.74, 6) is -1.61. The lowest BCUT2D eigenvalue weighted by Crippen LogP contribution is -2.40. The Kier molecular flexibility index (Phi) is 4.07. The van der Waals surface area contributed by atoms with Gasteiger partial charge in [-0.3, -0.25) is 0 Å². The molecule has 1 heterocycles. The number of nitrogens with one attached hydrogen (secondary N) is 1. The molecule has 0 saturated carbocycles. The summed E-state index contributed by atoms with van der Waals surface area (Å²) in [6.45, 7) is 3.39. The highest BCUT2D eigenvalue weighted by molar-refractivity contribution is 5.22. The maximum absolute atomic E-state index is 13.6. The summed E-state index contributed by atoms with van der Waals surface area (Å²) in [5, 5.41) is 3.20. The molecule has 1 aliphatic rings. The molecule has 1 N–H and O–H groups in total. The van der Waals surface area contributed by atoms with Crippen molar-refractivity contribution in [2.45, 2.75) is 32.0 Å². The molecule has 1 saturated heterocycles. The van der Waals surface area contributed by atoms with E-state index in [0.29, 0.717) is 12.1 Å². The quantitative estimate of drug-likeness (QED) is 0.878. The van der Waals surface area contributed by atoms with Crippen LogP contribution in [0.3, 0.4) is 0 Å². The van der Waals surface area contributed by atoms with Gasteiger partial charge in [0.2, 0.25) is 0 Å². The van der Waals surface area contributed by atoms with Gasteiger partial charge in [0.15, 0.2) is 11.6 Å². The summed E-state index contributed by atoms with van der Waals surface area (Å²) in [7, 11) is 0. The van der Waals surface area contributed by atoms with Gasteiger partial charge in [0.05, 0.1) is 12.2 Å². The predicted molar refractivity (Wildman–Crippen MR) is 61.7 cm³/mol. The fourth-order valence-electron chi connectivity index (χ4n) is 2.15. The Labute approximate surface area is 100.0 Å². The zero-order valence-electron chi connectivity index (χ0n) is 9.88. The van der Waals surface area contributed by atoms with Crippen molar-refractivity contribution in [3.8, 4) is 0 Å². The van der Waals surface area contributed by atoms with Crippen LogP contribution < -0.4 is 5.32 Å². The highest BCUT2D eigenvalue weighted by Gasteiger charge is 2.25. The van der Waals surface area contributed by atoms with E-state index in [1.807, 2.05) is 0 Å². The second-order valence-electron chi connectivity index (χ2n) is 4.34. The Morgan fingerprint density at radius 1 is 1.35 bits per heavy atom. The largest absolute Gasteiger partial charge is 0.368 e. The van der Waals surface area contributed by atoms with Crippen molar-refractivity contribution in [1.29, 1.82) is 0 Å². The molecule has 0 bridgehead atoms. The van der Waals surface area contributed by atoms with E-state index in [0.717, 1.165) is 25.5 Å². The van der Waals surface area contributed by atoms with E-state index in [1.54, 1.807) is 6.07 Å². The molecule has 1 fully saturated rings. The number of hydrogen-bond donors (Lipinski definition) is 1. The molecule has 94 valence electrons. The lowest BCUT2D eigenvalue weighted by Gasteiger charge is -2.31. The summed E-state index contributed by atoms with van der Waals surface area (Å²) >= 11 is 0. The van der Waals surface area contributed by atoms with Gasteiger partial charge in [-0.2, -0.15) is 0 Å². The molecule has 1 aromatic rings. The van der Waals surface area contributed by atoms with Crippen LogP contribution in [0.25, 0.3) is 0 Å². The van der Waals surface area contributed by atoms with Gasteiger partial charge in [-0.1, -0.05) is 25.5 Å². The van der Waals surface area contributed by atoms with Gasteiger partial charge < -0.3 is 10.1 Å². The van der Waals surface area contributed by atoms with Crippen LogP contribution in [0.15, 0.2) is 18.2 Å². The third-order valence-corrected chi connectivity index (χ3v) is 3.00. The van der Waals surface area contributed by atoms with Crippen molar-refractivity contribution >= 4 is 0 Å². The molecule has 2 unspecified atom stereocenters. The molecule has 1 aliphatic heterocycles. The van der Waals surface area contributed by atoms with Crippen molar-refractivity contribution in [3.05, 3.63) is 35.4 Å². The van der Waals surface area contributed by atoms with Gasteiger partial charge >= 0.3 is 0 Å². The molecule has 4 heteroatoms. The van der Waals surface area contributed by atoms with E-state index in [-0.39, 0.29) is 6.10 Å². The van der Waals surface area contributed by atoms with Gasteiger partial charge in [0.25, 0.3) is 0 Å². The van der Waals surface area contributed by atoms with Crippen LogP contribution in [-0.4, -0.2) is 19.2 Å². The Morgan fingerprint density at radius 3 is 2.94 bits per heavy atom. The number of halogens is 2. The number of benzene rings is 1. The SMILES string of the molecule is CCCC1CNCC(c2cccc(F)c2F)O1. The molecular weight excluding hydrogens is 224 g/mol. The number of morpholine rings is 1. The van der Waals surface area contributed by atoms with Crippen molar-refractivity contribution in [2.75, 3.05) is 13.1 Å². The Balaban J connectivity index is 2.13. The van der Waals surface area contributed by atoms with E-state index >= 15 is 0 Å². The van der Waals surface area contributed by atoms with E-state index in [2.05, 4.69) is 12.2 Å². The van der Waals surface area contributed by atoms with Gasteiger partial charge in [-0.25, -0.2) is 8.78 Å². The summed E-state index contributed by atoms with van der Waals surface area (Å²) in [6, 6.07) is 4.22. The molecule has 2 atom stereocenters. The van der Waals surface area contributed by atoms with Crippen LogP contribution in [0.5, 0.6) is 0 Å². The van der Waals surface area contributed by atoms with E-state index in [1.165, 1.54) is 6.07 Å². The summed E-state index contributed by atoms with van der Waals surface area (Å²) in [4.78, 5) is 0. The van der Waals surface area contributed by atoms with Gasteiger partial charge in [-0.15, -0.1) is 0 Å². The second-order valence-corrected chi connectivity index (χ2v) is 4.34.